The number of fused-ring (bicyclic) bond motifs is 1. The molecule has 0 fully saturated rings. The zero-order chi connectivity index (χ0) is 14.2. The van der Waals surface area contributed by atoms with Crippen molar-refractivity contribution in [3.63, 3.8) is 0 Å². The molecule has 19 heavy (non-hydrogen) atoms. The Hall–Kier alpha value is -1.29. The molecule has 0 aliphatic rings. The maximum absolute atomic E-state index is 6.27. The predicted octanol–water partition coefficient (Wildman–Crippen LogP) is 3.88. The zero-order valence-electron chi connectivity index (χ0n) is 12.1. The number of hydrogen-bond donors (Lipinski definition) is 0. The van der Waals surface area contributed by atoms with Crippen molar-refractivity contribution in [1.29, 1.82) is 0 Å². The first kappa shape index (κ1) is 14.1. The van der Waals surface area contributed by atoms with Gasteiger partial charge in [-0.1, -0.05) is 6.92 Å². The van der Waals surface area contributed by atoms with Gasteiger partial charge in [0.25, 0.3) is 0 Å². The van der Waals surface area contributed by atoms with Crippen LogP contribution in [0.2, 0.25) is 0 Å². The fourth-order valence-corrected chi connectivity index (χ4v) is 2.24. The standard InChI is InChI=1S/C14H20ClN3O/c1-6-14(3,4)18-12(9(2)15)16-10-7-8-11(19-5)17-13(10)18/h7-9H,6H2,1-5H3. The lowest BCUT2D eigenvalue weighted by Crippen LogP contribution is -2.27. The first-order valence-corrected chi connectivity index (χ1v) is 6.92. The number of rotatable bonds is 4. The monoisotopic (exact) mass is 281 g/mol. The SMILES string of the molecule is CCC(C)(C)n1c(C(C)Cl)nc2ccc(OC)nc21. The highest BCUT2D eigenvalue weighted by Gasteiger charge is 2.27. The summed E-state index contributed by atoms with van der Waals surface area (Å²) in [7, 11) is 1.62. The number of nitrogens with zero attached hydrogens (tertiary/aromatic N) is 3. The van der Waals surface area contributed by atoms with Gasteiger partial charge in [-0.3, -0.25) is 0 Å². The van der Waals surface area contributed by atoms with Crippen LogP contribution in [0.4, 0.5) is 0 Å². The Bertz CT molecular complexity index is 590. The molecule has 0 aromatic carbocycles. The molecule has 0 aliphatic heterocycles. The van der Waals surface area contributed by atoms with Crippen LogP contribution in [-0.2, 0) is 5.54 Å². The first-order chi connectivity index (χ1) is 8.90. The summed E-state index contributed by atoms with van der Waals surface area (Å²) in [6.07, 6.45) is 0.966. The van der Waals surface area contributed by atoms with E-state index in [1.54, 1.807) is 7.11 Å². The number of pyridine rings is 1. The Labute approximate surface area is 118 Å². The summed E-state index contributed by atoms with van der Waals surface area (Å²) in [5, 5.41) is -0.161. The molecular formula is C14H20ClN3O. The van der Waals surface area contributed by atoms with Gasteiger partial charge in [0.15, 0.2) is 5.65 Å². The molecule has 4 nitrogen and oxygen atoms in total. The van der Waals surface area contributed by atoms with E-state index in [0.717, 1.165) is 23.4 Å². The minimum absolute atomic E-state index is 0.0907. The Morgan fingerprint density at radius 1 is 1.37 bits per heavy atom. The molecule has 1 atom stereocenters. The molecule has 0 spiro atoms. The molecule has 2 aromatic rings. The van der Waals surface area contributed by atoms with Crippen molar-refractivity contribution in [2.75, 3.05) is 7.11 Å². The van der Waals surface area contributed by atoms with Gasteiger partial charge in [0, 0.05) is 11.6 Å². The van der Waals surface area contributed by atoms with E-state index in [0.29, 0.717) is 5.88 Å². The van der Waals surface area contributed by atoms with Gasteiger partial charge in [-0.25, -0.2) is 4.98 Å². The number of ether oxygens (including phenoxy) is 1. The molecule has 0 bridgehead atoms. The normalized spacial score (nSPS) is 13.8. The topological polar surface area (TPSA) is 39.9 Å². The highest BCUT2D eigenvalue weighted by molar-refractivity contribution is 6.20. The molecular weight excluding hydrogens is 262 g/mol. The summed E-state index contributed by atoms with van der Waals surface area (Å²) in [6.45, 7) is 8.41. The van der Waals surface area contributed by atoms with Gasteiger partial charge < -0.3 is 9.30 Å². The lowest BCUT2D eigenvalue weighted by atomic mass is 10.0. The van der Waals surface area contributed by atoms with E-state index in [-0.39, 0.29) is 10.9 Å². The number of hydrogen-bond acceptors (Lipinski definition) is 3. The van der Waals surface area contributed by atoms with Gasteiger partial charge in [0.1, 0.15) is 11.3 Å². The van der Waals surface area contributed by atoms with E-state index in [1.807, 2.05) is 19.1 Å². The molecule has 5 heteroatoms. The molecule has 0 amide bonds. The van der Waals surface area contributed by atoms with Gasteiger partial charge in [0.2, 0.25) is 5.88 Å². The largest absolute Gasteiger partial charge is 0.481 e. The van der Waals surface area contributed by atoms with E-state index in [1.165, 1.54) is 0 Å². The highest BCUT2D eigenvalue weighted by atomic mass is 35.5. The Balaban J connectivity index is 2.78. The summed E-state index contributed by atoms with van der Waals surface area (Å²) in [4.78, 5) is 9.15. The number of aromatic nitrogens is 3. The predicted molar refractivity (Wildman–Crippen MR) is 78.0 cm³/mol. The van der Waals surface area contributed by atoms with Crippen molar-refractivity contribution in [3.05, 3.63) is 18.0 Å². The molecule has 2 aromatic heterocycles. The van der Waals surface area contributed by atoms with Crippen LogP contribution in [-0.4, -0.2) is 21.6 Å². The maximum Gasteiger partial charge on any atom is 0.215 e. The van der Waals surface area contributed by atoms with E-state index < -0.39 is 0 Å². The van der Waals surface area contributed by atoms with Gasteiger partial charge in [-0.05, 0) is 33.3 Å². The third-order valence-corrected chi connectivity index (χ3v) is 3.74. The Kier molecular flexibility index (Phi) is 3.72. The third kappa shape index (κ3) is 2.41. The lowest BCUT2D eigenvalue weighted by Gasteiger charge is -2.28. The molecule has 1 unspecified atom stereocenters. The summed E-state index contributed by atoms with van der Waals surface area (Å²) in [5.74, 6) is 1.44. The van der Waals surface area contributed by atoms with Gasteiger partial charge >= 0.3 is 0 Å². The number of halogens is 1. The Morgan fingerprint density at radius 2 is 2.05 bits per heavy atom. The van der Waals surface area contributed by atoms with Crippen molar-refractivity contribution in [3.8, 4) is 5.88 Å². The molecule has 0 N–H and O–H groups in total. The molecule has 2 rings (SSSR count). The highest BCUT2D eigenvalue weighted by Crippen LogP contribution is 2.32. The quantitative estimate of drug-likeness (QED) is 0.798. The van der Waals surface area contributed by atoms with Crippen LogP contribution < -0.4 is 4.74 Å². The molecule has 0 radical (unpaired) electrons. The number of alkyl halides is 1. The lowest BCUT2D eigenvalue weighted by molar-refractivity contribution is 0.337. The zero-order valence-corrected chi connectivity index (χ0v) is 12.8. The smallest absolute Gasteiger partial charge is 0.215 e. The summed E-state index contributed by atoms with van der Waals surface area (Å²) in [6, 6.07) is 3.74. The second kappa shape index (κ2) is 5.00. The average molecular weight is 282 g/mol. The van der Waals surface area contributed by atoms with Crippen molar-refractivity contribution in [2.24, 2.45) is 0 Å². The van der Waals surface area contributed by atoms with E-state index in [9.17, 15) is 0 Å². The van der Waals surface area contributed by atoms with Crippen LogP contribution in [0.5, 0.6) is 5.88 Å². The van der Waals surface area contributed by atoms with Crippen molar-refractivity contribution < 1.29 is 4.74 Å². The van der Waals surface area contributed by atoms with Crippen molar-refractivity contribution in [2.45, 2.75) is 45.0 Å². The molecule has 2 heterocycles. The fourth-order valence-electron chi connectivity index (χ4n) is 2.09. The number of methoxy groups -OCH3 is 1. The molecule has 0 saturated carbocycles. The fraction of sp³-hybridized carbons (Fsp3) is 0.571. The summed E-state index contributed by atoms with van der Waals surface area (Å²) in [5.41, 5.74) is 1.59. The second-order valence-electron chi connectivity index (χ2n) is 5.28. The van der Waals surface area contributed by atoms with Gasteiger partial charge in [0.05, 0.1) is 12.5 Å². The average Bonchev–Trinajstić information content (AvgIpc) is 2.77. The second-order valence-corrected chi connectivity index (χ2v) is 5.94. The molecule has 0 saturated heterocycles. The van der Waals surface area contributed by atoms with E-state index >= 15 is 0 Å². The van der Waals surface area contributed by atoms with Crippen LogP contribution in [0.1, 0.15) is 45.3 Å². The van der Waals surface area contributed by atoms with E-state index in [2.05, 4.69) is 35.3 Å². The van der Waals surface area contributed by atoms with Crippen LogP contribution >= 0.6 is 11.6 Å². The Morgan fingerprint density at radius 3 is 2.58 bits per heavy atom. The van der Waals surface area contributed by atoms with Crippen LogP contribution in [0, 0.1) is 0 Å². The van der Waals surface area contributed by atoms with Gasteiger partial charge in [-0.15, -0.1) is 11.6 Å². The third-order valence-electron chi connectivity index (χ3n) is 3.54. The summed E-state index contributed by atoms with van der Waals surface area (Å²) < 4.78 is 7.34. The maximum atomic E-state index is 6.27. The van der Waals surface area contributed by atoms with Gasteiger partial charge in [-0.2, -0.15) is 4.98 Å². The van der Waals surface area contributed by atoms with Crippen molar-refractivity contribution in [1.82, 2.24) is 14.5 Å². The minimum atomic E-state index is -0.161. The van der Waals surface area contributed by atoms with Crippen LogP contribution in [0.3, 0.4) is 0 Å². The van der Waals surface area contributed by atoms with Crippen molar-refractivity contribution >= 4 is 22.8 Å². The first-order valence-electron chi connectivity index (χ1n) is 6.48. The molecule has 104 valence electrons. The number of imidazole rings is 1. The molecule has 0 aliphatic carbocycles. The summed E-state index contributed by atoms with van der Waals surface area (Å²) >= 11 is 6.27. The van der Waals surface area contributed by atoms with Crippen LogP contribution in [0.15, 0.2) is 12.1 Å². The minimum Gasteiger partial charge on any atom is -0.481 e. The van der Waals surface area contributed by atoms with E-state index in [4.69, 9.17) is 16.3 Å². The van der Waals surface area contributed by atoms with Crippen LogP contribution in [0.25, 0.3) is 11.2 Å².